The van der Waals surface area contributed by atoms with Gasteiger partial charge in [-0.2, -0.15) is 0 Å². The molecular weight excluding hydrogens is 242 g/mol. The van der Waals surface area contributed by atoms with Gasteiger partial charge in [-0.25, -0.2) is 0 Å². The Balaban J connectivity index is 1.85. The SMILES string of the molecule is O=C(O)C1CCC2CCCCC2N1C1CCCC1O. The first-order valence-corrected chi connectivity index (χ1v) is 7.87. The molecule has 3 fully saturated rings. The number of hydrogen-bond acceptors (Lipinski definition) is 3. The fourth-order valence-electron chi connectivity index (χ4n) is 4.67. The number of carbonyl (C=O) groups is 1. The third-order valence-corrected chi connectivity index (χ3v) is 5.53. The Morgan fingerprint density at radius 3 is 2.32 bits per heavy atom. The summed E-state index contributed by atoms with van der Waals surface area (Å²) >= 11 is 0. The van der Waals surface area contributed by atoms with Crippen molar-refractivity contribution in [2.75, 3.05) is 0 Å². The molecule has 2 N–H and O–H groups in total. The van der Waals surface area contributed by atoms with E-state index in [0.29, 0.717) is 12.0 Å². The molecule has 108 valence electrons. The maximum absolute atomic E-state index is 11.6. The second-order valence-corrected chi connectivity index (χ2v) is 6.56. The first-order valence-electron chi connectivity index (χ1n) is 7.87. The zero-order valence-electron chi connectivity index (χ0n) is 11.5. The lowest BCUT2D eigenvalue weighted by Gasteiger charge is -2.50. The summed E-state index contributed by atoms with van der Waals surface area (Å²) in [5, 5.41) is 19.7. The number of rotatable bonds is 2. The molecule has 5 unspecified atom stereocenters. The van der Waals surface area contributed by atoms with Crippen LogP contribution in [0.4, 0.5) is 0 Å². The summed E-state index contributed by atoms with van der Waals surface area (Å²) in [5.74, 6) is -0.0275. The van der Waals surface area contributed by atoms with Gasteiger partial charge in [0, 0.05) is 12.1 Å². The average Bonchev–Trinajstić information content (AvgIpc) is 2.83. The predicted octanol–water partition coefficient (Wildman–Crippen LogP) is 2.01. The van der Waals surface area contributed by atoms with Gasteiger partial charge in [-0.3, -0.25) is 9.69 Å². The van der Waals surface area contributed by atoms with E-state index < -0.39 is 5.97 Å². The summed E-state index contributed by atoms with van der Waals surface area (Å²) in [6.07, 6.45) is 9.22. The van der Waals surface area contributed by atoms with E-state index in [2.05, 4.69) is 4.90 Å². The molecule has 1 aliphatic heterocycles. The highest BCUT2D eigenvalue weighted by Gasteiger charge is 2.46. The minimum absolute atomic E-state index is 0.0898. The van der Waals surface area contributed by atoms with E-state index in [9.17, 15) is 15.0 Å². The van der Waals surface area contributed by atoms with Gasteiger partial charge >= 0.3 is 5.97 Å². The number of nitrogens with zero attached hydrogens (tertiary/aromatic N) is 1. The third kappa shape index (κ3) is 2.40. The van der Waals surface area contributed by atoms with Crippen LogP contribution >= 0.6 is 0 Å². The van der Waals surface area contributed by atoms with Crippen molar-refractivity contribution in [3.63, 3.8) is 0 Å². The Kier molecular flexibility index (Phi) is 3.81. The molecule has 1 saturated heterocycles. The fraction of sp³-hybridized carbons (Fsp3) is 0.933. The molecule has 0 radical (unpaired) electrons. The highest BCUT2D eigenvalue weighted by atomic mass is 16.4. The molecule has 2 saturated carbocycles. The number of carboxylic acids is 1. The minimum Gasteiger partial charge on any atom is -0.480 e. The smallest absolute Gasteiger partial charge is 0.320 e. The number of aliphatic hydroxyl groups excluding tert-OH is 1. The third-order valence-electron chi connectivity index (χ3n) is 5.53. The van der Waals surface area contributed by atoms with Crippen LogP contribution in [-0.4, -0.2) is 45.3 Å². The number of hydrogen-bond donors (Lipinski definition) is 2. The van der Waals surface area contributed by atoms with Crippen molar-refractivity contribution in [3.8, 4) is 0 Å². The molecule has 0 aromatic heterocycles. The maximum Gasteiger partial charge on any atom is 0.320 e. The summed E-state index contributed by atoms with van der Waals surface area (Å²) in [4.78, 5) is 13.8. The summed E-state index contributed by atoms with van der Waals surface area (Å²) in [6.45, 7) is 0. The van der Waals surface area contributed by atoms with Gasteiger partial charge in [-0.15, -0.1) is 0 Å². The second-order valence-electron chi connectivity index (χ2n) is 6.56. The Hall–Kier alpha value is -0.610. The van der Waals surface area contributed by atoms with Crippen LogP contribution in [0, 0.1) is 5.92 Å². The quantitative estimate of drug-likeness (QED) is 0.803. The molecule has 1 heterocycles. The lowest BCUT2D eigenvalue weighted by atomic mass is 9.75. The molecule has 3 rings (SSSR count). The predicted molar refractivity (Wildman–Crippen MR) is 71.9 cm³/mol. The average molecular weight is 267 g/mol. The first kappa shape index (κ1) is 13.4. The van der Waals surface area contributed by atoms with Gasteiger partial charge in [0.15, 0.2) is 0 Å². The summed E-state index contributed by atoms with van der Waals surface area (Å²) in [7, 11) is 0. The number of likely N-dealkylation sites (tertiary alicyclic amines) is 1. The molecule has 3 aliphatic rings. The molecule has 4 heteroatoms. The molecule has 5 atom stereocenters. The van der Waals surface area contributed by atoms with Gasteiger partial charge in [-0.1, -0.05) is 12.8 Å². The van der Waals surface area contributed by atoms with Gasteiger partial charge < -0.3 is 10.2 Å². The number of fused-ring (bicyclic) bond motifs is 1. The molecule has 4 nitrogen and oxygen atoms in total. The van der Waals surface area contributed by atoms with E-state index in [4.69, 9.17) is 0 Å². The molecule has 19 heavy (non-hydrogen) atoms. The summed E-state index contributed by atoms with van der Waals surface area (Å²) < 4.78 is 0. The van der Waals surface area contributed by atoms with E-state index >= 15 is 0 Å². The standard InChI is InChI=1S/C15H25NO3/c17-14-7-3-6-12(14)16-11-5-2-1-4-10(11)8-9-13(16)15(18)19/h10-14,17H,1-9H2,(H,18,19). The van der Waals surface area contributed by atoms with Crippen LogP contribution in [0.2, 0.25) is 0 Å². The maximum atomic E-state index is 11.6. The Labute approximate surface area is 114 Å². The zero-order chi connectivity index (χ0) is 13.4. The molecule has 0 aromatic rings. The van der Waals surface area contributed by atoms with Crippen LogP contribution < -0.4 is 0 Å². The van der Waals surface area contributed by atoms with Gasteiger partial charge in [0.2, 0.25) is 0 Å². The lowest BCUT2D eigenvalue weighted by molar-refractivity contribution is -0.152. The van der Waals surface area contributed by atoms with E-state index in [1.807, 2.05) is 0 Å². The second kappa shape index (κ2) is 5.41. The van der Waals surface area contributed by atoms with Crippen molar-refractivity contribution < 1.29 is 15.0 Å². The van der Waals surface area contributed by atoms with Crippen LogP contribution in [0.25, 0.3) is 0 Å². The Morgan fingerprint density at radius 1 is 0.895 bits per heavy atom. The van der Waals surface area contributed by atoms with Gasteiger partial charge in [0.05, 0.1) is 6.10 Å². The van der Waals surface area contributed by atoms with E-state index in [1.54, 1.807) is 0 Å². The van der Waals surface area contributed by atoms with Crippen LogP contribution in [0.5, 0.6) is 0 Å². The van der Waals surface area contributed by atoms with Crippen LogP contribution in [0.1, 0.15) is 57.8 Å². The largest absolute Gasteiger partial charge is 0.480 e. The molecule has 0 spiro atoms. The van der Waals surface area contributed by atoms with Crippen molar-refractivity contribution >= 4 is 5.97 Å². The fourth-order valence-corrected chi connectivity index (χ4v) is 4.67. The van der Waals surface area contributed by atoms with E-state index in [-0.39, 0.29) is 18.2 Å². The van der Waals surface area contributed by atoms with Gasteiger partial charge in [-0.05, 0) is 50.9 Å². The van der Waals surface area contributed by atoms with Crippen LogP contribution in [-0.2, 0) is 4.79 Å². The van der Waals surface area contributed by atoms with Gasteiger partial charge in [0.1, 0.15) is 6.04 Å². The number of aliphatic hydroxyl groups is 1. The number of piperidine rings is 1. The normalized spacial score (nSPS) is 43.9. The Bertz CT molecular complexity index is 346. The van der Waals surface area contributed by atoms with Crippen LogP contribution in [0.15, 0.2) is 0 Å². The van der Waals surface area contributed by atoms with Gasteiger partial charge in [0.25, 0.3) is 0 Å². The summed E-state index contributed by atoms with van der Waals surface area (Å²) in [5.41, 5.74) is 0. The highest BCUT2D eigenvalue weighted by molar-refractivity contribution is 5.73. The van der Waals surface area contributed by atoms with E-state index in [1.165, 1.54) is 19.3 Å². The molecule has 0 aromatic carbocycles. The number of aliphatic carboxylic acids is 1. The van der Waals surface area contributed by atoms with Crippen molar-refractivity contribution in [2.45, 2.75) is 82.0 Å². The molecule has 0 amide bonds. The first-order chi connectivity index (χ1) is 9.18. The zero-order valence-corrected chi connectivity index (χ0v) is 11.5. The summed E-state index contributed by atoms with van der Waals surface area (Å²) in [6, 6.07) is 0.130. The monoisotopic (exact) mass is 267 g/mol. The van der Waals surface area contributed by atoms with Crippen molar-refractivity contribution in [3.05, 3.63) is 0 Å². The highest BCUT2D eigenvalue weighted by Crippen LogP contribution is 2.41. The van der Waals surface area contributed by atoms with Crippen LogP contribution in [0.3, 0.4) is 0 Å². The van der Waals surface area contributed by atoms with Crippen molar-refractivity contribution in [1.82, 2.24) is 4.90 Å². The molecule has 2 aliphatic carbocycles. The van der Waals surface area contributed by atoms with E-state index in [0.717, 1.165) is 38.5 Å². The lowest BCUT2D eigenvalue weighted by Crippen LogP contribution is -2.60. The molecule has 0 bridgehead atoms. The minimum atomic E-state index is -0.692. The Morgan fingerprint density at radius 2 is 1.63 bits per heavy atom. The topological polar surface area (TPSA) is 60.8 Å². The molecular formula is C15H25NO3. The van der Waals surface area contributed by atoms with Crippen molar-refractivity contribution in [1.29, 1.82) is 0 Å². The van der Waals surface area contributed by atoms with Crippen molar-refractivity contribution in [2.24, 2.45) is 5.92 Å². The number of carboxylic acid groups (broad SMARTS) is 1.